The fraction of sp³-hybridized carbons (Fsp3) is 0.600. The molecule has 0 saturated heterocycles. The second-order valence-electron chi connectivity index (χ2n) is 17.0. The molecule has 0 unspecified atom stereocenters. The maximum Gasteiger partial charge on any atom is 2.00 e. The molecule has 0 aromatic heterocycles. The summed E-state index contributed by atoms with van der Waals surface area (Å²) < 4.78 is 90.8. The molecule has 2 rings (SSSR count). The monoisotopic (exact) mass is 964 g/mol. The van der Waals surface area contributed by atoms with Crippen molar-refractivity contribution in [1.29, 1.82) is 0 Å². The van der Waals surface area contributed by atoms with Crippen molar-refractivity contribution in [2.75, 3.05) is 0 Å². The van der Waals surface area contributed by atoms with E-state index in [4.69, 9.17) is 18.9 Å². The predicted molar refractivity (Wildman–Crippen MR) is 212 cm³/mol. The van der Waals surface area contributed by atoms with Crippen LogP contribution in [0.15, 0.2) is 46.2 Å². The van der Waals surface area contributed by atoms with E-state index >= 15 is 0 Å². The SMILES string of the molecule is CC(C)C(C)(C)OC(=O)c1cc(C(=O)OC(C)(C)C(C)C)cc(S(=O)(=O)[O-])c1.CC(C)C(C)(C)OC(=O)c1cc(C(=O)OC(C)(C)C(C)C)cc(S(=O)(=O)[O-])c1.[Ba+2]. The summed E-state index contributed by atoms with van der Waals surface area (Å²) in [6, 6.07) is 5.98. The Morgan fingerprint density at radius 1 is 0.421 bits per heavy atom. The third-order valence-corrected chi connectivity index (χ3v) is 11.9. The van der Waals surface area contributed by atoms with Crippen LogP contribution in [0.1, 0.15) is 152 Å². The molecule has 0 N–H and O–H groups in total. The van der Waals surface area contributed by atoms with Crippen LogP contribution >= 0.6 is 0 Å². The second kappa shape index (κ2) is 20.3. The van der Waals surface area contributed by atoms with Gasteiger partial charge in [0, 0.05) is 0 Å². The minimum atomic E-state index is -4.90. The summed E-state index contributed by atoms with van der Waals surface area (Å²) in [6.07, 6.45) is 0. The first-order valence-corrected chi connectivity index (χ1v) is 20.9. The van der Waals surface area contributed by atoms with Crippen molar-refractivity contribution in [3.8, 4) is 0 Å². The fourth-order valence-electron chi connectivity index (χ4n) is 3.62. The first-order valence-electron chi connectivity index (χ1n) is 18.1. The molecule has 17 heteroatoms. The summed E-state index contributed by atoms with van der Waals surface area (Å²) in [5, 5.41) is 0. The van der Waals surface area contributed by atoms with Gasteiger partial charge in [0.2, 0.25) is 0 Å². The fourth-order valence-corrected chi connectivity index (χ4v) is 4.71. The zero-order chi connectivity index (χ0) is 44.2. The molecule has 14 nitrogen and oxygen atoms in total. The smallest absolute Gasteiger partial charge is 0.744 e. The van der Waals surface area contributed by atoms with Crippen molar-refractivity contribution >= 4 is 93.0 Å². The molecule has 2 aromatic carbocycles. The Morgan fingerprint density at radius 3 is 0.702 bits per heavy atom. The molecule has 0 heterocycles. The van der Waals surface area contributed by atoms with E-state index in [9.17, 15) is 45.1 Å². The molecular weight excluding hydrogens is 906 g/mol. The third-order valence-electron chi connectivity index (χ3n) is 10.3. The second-order valence-corrected chi connectivity index (χ2v) is 19.8. The molecule has 57 heavy (non-hydrogen) atoms. The molecule has 0 radical (unpaired) electrons. The molecule has 0 atom stereocenters. The minimum absolute atomic E-state index is 0. The maximum atomic E-state index is 12.5. The van der Waals surface area contributed by atoms with E-state index in [1.54, 1.807) is 55.4 Å². The number of rotatable bonds is 14. The molecule has 0 spiro atoms. The number of hydrogen-bond acceptors (Lipinski definition) is 14. The summed E-state index contributed by atoms with van der Waals surface area (Å²) >= 11 is 0. The van der Waals surface area contributed by atoms with Gasteiger partial charge in [0.05, 0.1) is 32.0 Å². The average Bonchev–Trinajstić information content (AvgIpc) is 3.02. The van der Waals surface area contributed by atoms with Gasteiger partial charge in [0.1, 0.15) is 42.6 Å². The van der Waals surface area contributed by atoms with Gasteiger partial charge >= 0.3 is 72.8 Å². The minimum Gasteiger partial charge on any atom is -0.744 e. The largest absolute Gasteiger partial charge is 2.00 e. The topological polar surface area (TPSA) is 220 Å². The summed E-state index contributed by atoms with van der Waals surface area (Å²) in [7, 11) is -9.80. The zero-order valence-corrected chi connectivity index (χ0v) is 42.1. The van der Waals surface area contributed by atoms with Crippen LogP contribution in [-0.2, 0) is 39.2 Å². The normalized spacial score (nSPS) is 12.7. The Balaban J connectivity index is 0.00000108. The average molecular weight is 964 g/mol. The summed E-state index contributed by atoms with van der Waals surface area (Å²) in [5.74, 6) is -3.39. The Labute approximate surface area is 379 Å². The maximum absolute atomic E-state index is 12.5. The predicted octanol–water partition coefficient (Wildman–Crippen LogP) is 7.17. The molecule has 0 aliphatic rings. The van der Waals surface area contributed by atoms with Crippen molar-refractivity contribution < 1.29 is 64.1 Å². The first kappa shape index (κ1) is 54.7. The Bertz CT molecular complexity index is 1740. The van der Waals surface area contributed by atoms with Gasteiger partial charge < -0.3 is 28.1 Å². The van der Waals surface area contributed by atoms with Crippen LogP contribution in [0, 0.1) is 23.7 Å². The van der Waals surface area contributed by atoms with Crippen LogP contribution in [0.25, 0.3) is 0 Å². The summed E-state index contributed by atoms with van der Waals surface area (Å²) in [4.78, 5) is 48.8. The van der Waals surface area contributed by atoms with E-state index in [1.807, 2.05) is 55.4 Å². The van der Waals surface area contributed by atoms with Gasteiger partial charge in [-0.3, -0.25) is 0 Å². The van der Waals surface area contributed by atoms with Crippen LogP contribution in [0.4, 0.5) is 0 Å². The van der Waals surface area contributed by atoms with Gasteiger partial charge in [0.25, 0.3) is 0 Å². The van der Waals surface area contributed by atoms with E-state index in [1.165, 1.54) is 12.1 Å². The van der Waals surface area contributed by atoms with Crippen LogP contribution in [0.3, 0.4) is 0 Å². The van der Waals surface area contributed by atoms with E-state index < -0.39 is 76.3 Å². The molecular formula is C40H58BaO14S2. The van der Waals surface area contributed by atoms with Gasteiger partial charge in [-0.2, -0.15) is 0 Å². The Kier molecular flexibility index (Phi) is 19.5. The number of benzene rings is 2. The summed E-state index contributed by atoms with van der Waals surface area (Å²) in [5.41, 5.74) is -4.15. The van der Waals surface area contributed by atoms with Crippen LogP contribution in [0.5, 0.6) is 0 Å². The van der Waals surface area contributed by atoms with Crippen molar-refractivity contribution in [1.82, 2.24) is 0 Å². The van der Waals surface area contributed by atoms with Gasteiger partial charge in [-0.25, -0.2) is 36.0 Å². The van der Waals surface area contributed by atoms with Gasteiger partial charge in [-0.05, 0) is 115 Å². The Morgan fingerprint density at radius 2 is 0.579 bits per heavy atom. The van der Waals surface area contributed by atoms with Gasteiger partial charge in [-0.1, -0.05) is 55.4 Å². The molecule has 0 aliphatic carbocycles. The van der Waals surface area contributed by atoms with E-state index in [-0.39, 0.29) is 94.8 Å². The standard InChI is InChI=1S/2C20H30O7S.Ba/c2*1-12(2)19(5,6)26-17(21)14-9-15(11-16(10-14)28(23,24)25)18(22)27-20(7,8)13(3)4;/h2*9-13H,1-8H3,(H,23,24,25);/q;;+2/p-2. The number of ether oxygens (including phenoxy) is 4. The number of carbonyl (C=O) groups excluding carboxylic acids is 4. The van der Waals surface area contributed by atoms with Crippen LogP contribution in [-0.4, -0.2) is 121 Å². The number of esters is 4. The van der Waals surface area contributed by atoms with Gasteiger partial charge in [-0.15, -0.1) is 0 Å². The number of carbonyl (C=O) groups is 4. The molecule has 2 aromatic rings. The molecule has 0 fully saturated rings. The quantitative estimate of drug-likeness (QED) is 0.0794. The number of hydrogen-bond donors (Lipinski definition) is 0. The van der Waals surface area contributed by atoms with Crippen molar-refractivity contribution in [3.63, 3.8) is 0 Å². The van der Waals surface area contributed by atoms with Crippen molar-refractivity contribution in [2.45, 2.75) is 143 Å². The van der Waals surface area contributed by atoms with Crippen molar-refractivity contribution in [3.05, 3.63) is 58.7 Å². The van der Waals surface area contributed by atoms with E-state index in [0.29, 0.717) is 0 Å². The molecule has 0 bridgehead atoms. The molecule has 0 aliphatic heterocycles. The zero-order valence-electron chi connectivity index (χ0n) is 36.0. The van der Waals surface area contributed by atoms with Crippen molar-refractivity contribution in [2.24, 2.45) is 23.7 Å². The van der Waals surface area contributed by atoms with E-state index in [0.717, 1.165) is 24.3 Å². The van der Waals surface area contributed by atoms with Gasteiger partial charge in [0.15, 0.2) is 0 Å². The molecule has 0 saturated carbocycles. The molecule has 0 amide bonds. The summed E-state index contributed by atoms with van der Waals surface area (Å²) in [6.45, 7) is 28.6. The van der Waals surface area contributed by atoms with Crippen LogP contribution in [0.2, 0.25) is 0 Å². The third kappa shape index (κ3) is 16.4. The first-order chi connectivity index (χ1) is 24.9. The Hall–Kier alpha value is -2.29. The van der Waals surface area contributed by atoms with E-state index in [2.05, 4.69) is 0 Å². The van der Waals surface area contributed by atoms with Crippen LogP contribution < -0.4 is 0 Å². The molecule has 316 valence electrons.